The minimum absolute atomic E-state index is 0.00893. The minimum Gasteiger partial charge on any atom is -0.491 e. The van der Waals surface area contributed by atoms with E-state index in [9.17, 15) is 18.0 Å². The van der Waals surface area contributed by atoms with Crippen LogP contribution in [0.4, 0.5) is 18.9 Å². The molecule has 4 nitrogen and oxygen atoms in total. The van der Waals surface area contributed by atoms with E-state index in [4.69, 9.17) is 4.74 Å². The smallest absolute Gasteiger partial charge is 0.416 e. The molecule has 0 aliphatic heterocycles. The number of thiazole rings is 1. The van der Waals surface area contributed by atoms with Gasteiger partial charge in [-0.15, -0.1) is 11.3 Å². The van der Waals surface area contributed by atoms with Crippen molar-refractivity contribution in [3.8, 4) is 5.75 Å². The Morgan fingerprint density at radius 1 is 1.40 bits per heavy atom. The summed E-state index contributed by atoms with van der Waals surface area (Å²) in [6.07, 6.45) is -0.192. The van der Waals surface area contributed by atoms with Crippen LogP contribution in [0.15, 0.2) is 24.4 Å². The minimum atomic E-state index is -4.49. The van der Waals surface area contributed by atoms with Gasteiger partial charge in [0.2, 0.25) is 0 Å². The third-order valence-electron chi connectivity index (χ3n) is 3.69. The summed E-state index contributed by atoms with van der Waals surface area (Å²) in [5.41, 5.74) is -0.829. The lowest BCUT2D eigenvalue weighted by atomic mass is 10.1. The molecule has 1 amide bonds. The summed E-state index contributed by atoms with van der Waals surface area (Å²) >= 11 is 1.28. The highest BCUT2D eigenvalue weighted by molar-refractivity contribution is 7.13. The zero-order valence-electron chi connectivity index (χ0n) is 13.5. The number of amides is 1. The lowest BCUT2D eigenvalue weighted by molar-refractivity contribution is -0.137. The summed E-state index contributed by atoms with van der Waals surface area (Å²) in [5, 5.41) is 3.43. The number of anilines is 1. The molecule has 1 saturated carbocycles. The van der Waals surface area contributed by atoms with Crippen molar-refractivity contribution < 1.29 is 22.7 Å². The molecule has 1 aromatic heterocycles. The SMILES string of the molecule is CCCOc1ccc(C(F)(F)F)cc1NC(=O)c1cnc(C2CC2)s1. The lowest BCUT2D eigenvalue weighted by Crippen LogP contribution is -2.13. The largest absolute Gasteiger partial charge is 0.491 e. The van der Waals surface area contributed by atoms with Gasteiger partial charge in [-0.2, -0.15) is 13.2 Å². The molecule has 0 bridgehead atoms. The highest BCUT2D eigenvalue weighted by atomic mass is 32.1. The van der Waals surface area contributed by atoms with Gasteiger partial charge in [0.1, 0.15) is 10.6 Å². The van der Waals surface area contributed by atoms with Crippen LogP contribution >= 0.6 is 11.3 Å². The van der Waals surface area contributed by atoms with Crippen LogP contribution in [0.1, 0.15) is 52.3 Å². The lowest BCUT2D eigenvalue weighted by Gasteiger charge is -2.14. The average Bonchev–Trinajstić information content (AvgIpc) is 3.29. The van der Waals surface area contributed by atoms with Gasteiger partial charge in [-0.3, -0.25) is 4.79 Å². The third kappa shape index (κ3) is 4.31. The second-order valence-electron chi connectivity index (χ2n) is 5.85. The topological polar surface area (TPSA) is 51.2 Å². The number of carbonyl (C=O) groups excluding carboxylic acids is 1. The van der Waals surface area contributed by atoms with Gasteiger partial charge in [0.25, 0.3) is 5.91 Å². The number of aromatic nitrogens is 1. The number of nitrogens with one attached hydrogen (secondary N) is 1. The van der Waals surface area contributed by atoms with Gasteiger partial charge in [0, 0.05) is 5.92 Å². The summed E-state index contributed by atoms with van der Waals surface area (Å²) < 4.78 is 44.3. The fourth-order valence-corrected chi connectivity index (χ4v) is 3.22. The molecule has 134 valence electrons. The standard InChI is InChI=1S/C17H17F3N2O2S/c1-2-7-24-13-6-5-11(17(18,19)20)8-12(13)22-15(23)14-9-21-16(25-14)10-3-4-10/h5-6,8-10H,2-4,7H2,1H3,(H,22,23). The Balaban J connectivity index is 1.83. The molecule has 1 aromatic carbocycles. The van der Waals surface area contributed by atoms with Crippen LogP contribution in [0, 0.1) is 0 Å². The molecule has 1 aliphatic rings. The predicted molar refractivity (Wildman–Crippen MR) is 89.3 cm³/mol. The van der Waals surface area contributed by atoms with Crippen molar-refractivity contribution >= 4 is 22.9 Å². The zero-order valence-corrected chi connectivity index (χ0v) is 14.3. The Labute approximate surface area is 147 Å². The fourth-order valence-electron chi connectivity index (χ4n) is 2.24. The summed E-state index contributed by atoms with van der Waals surface area (Å²) in [7, 11) is 0. The van der Waals surface area contributed by atoms with Gasteiger partial charge in [-0.25, -0.2) is 4.98 Å². The van der Waals surface area contributed by atoms with Crippen molar-refractivity contribution in [3.05, 3.63) is 39.8 Å². The number of rotatable bonds is 6. The van der Waals surface area contributed by atoms with Gasteiger partial charge in [0.15, 0.2) is 0 Å². The van der Waals surface area contributed by atoms with E-state index in [1.54, 1.807) is 0 Å². The molecule has 1 heterocycles. The molecule has 3 rings (SSSR count). The summed E-state index contributed by atoms with van der Waals surface area (Å²) in [4.78, 5) is 17.0. The van der Waals surface area contributed by atoms with Crippen LogP contribution in [0.3, 0.4) is 0 Å². The van der Waals surface area contributed by atoms with E-state index in [1.807, 2.05) is 6.92 Å². The highest BCUT2D eigenvalue weighted by Crippen LogP contribution is 2.42. The van der Waals surface area contributed by atoms with Gasteiger partial charge in [-0.1, -0.05) is 6.92 Å². The zero-order chi connectivity index (χ0) is 18.0. The number of hydrogen-bond acceptors (Lipinski definition) is 4. The number of alkyl halides is 3. The first-order chi connectivity index (χ1) is 11.9. The molecule has 0 spiro atoms. The highest BCUT2D eigenvalue weighted by Gasteiger charge is 2.32. The molecule has 0 atom stereocenters. The summed E-state index contributed by atoms with van der Waals surface area (Å²) in [6, 6.07) is 3.07. The van der Waals surface area contributed by atoms with E-state index in [0.29, 0.717) is 23.8 Å². The van der Waals surface area contributed by atoms with Crippen molar-refractivity contribution in [1.29, 1.82) is 0 Å². The molecule has 0 saturated heterocycles. The summed E-state index contributed by atoms with van der Waals surface area (Å²) in [6.45, 7) is 2.24. The van der Waals surface area contributed by atoms with Crippen LogP contribution in [0.25, 0.3) is 0 Å². The molecule has 1 aliphatic carbocycles. The van der Waals surface area contributed by atoms with E-state index in [-0.39, 0.29) is 11.4 Å². The van der Waals surface area contributed by atoms with Crippen LogP contribution < -0.4 is 10.1 Å². The predicted octanol–water partition coefficient (Wildman–Crippen LogP) is 5.08. The second-order valence-corrected chi connectivity index (χ2v) is 6.91. The van der Waals surface area contributed by atoms with Crippen LogP contribution in [-0.2, 0) is 6.18 Å². The van der Waals surface area contributed by atoms with Crippen LogP contribution in [0.5, 0.6) is 5.75 Å². The maximum Gasteiger partial charge on any atom is 0.416 e. The molecular formula is C17H17F3N2O2S. The Kier molecular flexibility index (Phi) is 4.99. The van der Waals surface area contributed by atoms with E-state index >= 15 is 0 Å². The van der Waals surface area contributed by atoms with Crippen molar-refractivity contribution in [1.82, 2.24) is 4.98 Å². The molecule has 0 unspecified atom stereocenters. The van der Waals surface area contributed by atoms with Gasteiger partial charge in [-0.05, 0) is 37.5 Å². The third-order valence-corrected chi connectivity index (χ3v) is 4.85. The van der Waals surface area contributed by atoms with E-state index < -0.39 is 17.6 Å². The maximum atomic E-state index is 12.9. The normalized spacial score (nSPS) is 14.4. The average molecular weight is 370 g/mol. The first kappa shape index (κ1) is 17.7. The Bertz CT molecular complexity index is 769. The van der Waals surface area contributed by atoms with Crippen molar-refractivity contribution in [2.24, 2.45) is 0 Å². The Morgan fingerprint density at radius 2 is 2.16 bits per heavy atom. The van der Waals surface area contributed by atoms with E-state index in [1.165, 1.54) is 23.6 Å². The quantitative estimate of drug-likeness (QED) is 0.771. The fraction of sp³-hybridized carbons (Fsp3) is 0.412. The summed E-state index contributed by atoms with van der Waals surface area (Å²) in [5.74, 6) is 0.156. The van der Waals surface area contributed by atoms with E-state index in [0.717, 1.165) is 30.0 Å². The van der Waals surface area contributed by atoms with E-state index in [2.05, 4.69) is 10.3 Å². The molecule has 8 heteroatoms. The van der Waals surface area contributed by atoms with Gasteiger partial charge < -0.3 is 10.1 Å². The first-order valence-electron chi connectivity index (χ1n) is 7.99. The molecule has 2 aromatic rings. The number of benzene rings is 1. The molecular weight excluding hydrogens is 353 g/mol. The molecule has 1 N–H and O–H groups in total. The number of nitrogens with zero attached hydrogens (tertiary/aromatic N) is 1. The number of carbonyl (C=O) groups is 1. The number of hydrogen-bond donors (Lipinski definition) is 1. The van der Waals surface area contributed by atoms with Gasteiger partial charge in [0.05, 0.1) is 29.1 Å². The number of halogens is 3. The molecule has 1 fully saturated rings. The molecule has 0 radical (unpaired) electrons. The Morgan fingerprint density at radius 3 is 2.80 bits per heavy atom. The second kappa shape index (κ2) is 7.03. The monoisotopic (exact) mass is 370 g/mol. The maximum absolute atomic E-state index is 12.9. The first-order valence-corrected chi connectivity index (χ1v) is 8.81. The van der Waals surface area contributed by atoms with Crippen LogP contribution in [0.2, 0.25) is 0 Å². The van der Waals surface area contributed by atoms with Crippen LogP contribution in [-0.4, -0.2) is 17.5 Å². The van der Waals surface area contributed by atoms with Crippen molar-refractivity contribution in [3.63, 3.8) is 0 Å². The Hall–Kier alpha value is -2.09. The molecule has 25 heavy (non-hydrogen) atoms. The van der Waals surface area contributed by atoms with Crippen molar-refractivity contribution in [2.75, 3.05) is 11.9 Å². The van der Waals surface area contributed by atoms with Crippen molar-refractivity contribution in [2.45, 2.75) is 38.3 Å². The number of ether oxygens (including phenoxy) is 1. The van der Waals surface area contributed by atoms with Gasteiger partial charge >= 0.3 is 6.18 Å².